The standard InChI is InChI=1S/C21H43N5/c1-5-6-8-11-19(2)24-20(22-3)23-18-21(12-16-25(4)17-13-21)26-14-9-7-10-15-26/h19H,5-18H2,1-4H3,(H2,22,23,24). The molecular formula is C21H43N5. The number of guanidine groups is 1. The summed E-state index contributed by atoms with van der Waals surface area (Å²) in [6, 6.07) is 0.483. The number of likely N-dealkylation sites (tertiary alicyclic amines) is 2. The Kier molecular flexibility index (Phi) is 9.20. The quantitative estimate of drug-likeness (QED) is 0.394. The van der Waals surface area contributed by atoms with Gasteiger partial charge in [0.2, 0.25) is 0 Å². The van der Waals surface area contributed by atoms with Crippen LogP contribution in [0.15, 0.2) is 4.99 Å². The van der Waals surface area contributed by atoms with Crippen molar-refractivity contribution in [3.63, 3.8) is 0 Å². The summed E-state index contributed by atoms with van der Waals surface area (Å²) >= 11 is 0. The molecule has 0 aromatic rings. The molecule has 1 unspecified atom stereocenters. The number of hydrogen-bond acceptors (Lipinski definition) is 3. The molecule has 2 aliphatic heterocycles. The molecule has 2 rings (SSSR count). The highest BCUT2D eigenvalue weighted by Gasteiger charge is 2.39. The van der Waals surface area contributed by atoms with E-state index in [0.717, 1.165) is 12.5 Å². The van der Waals surface area contributed by atoms with Crippen molar-refractivity contribution < 1.29 is 0 Å². The average molecular weight is 366 g/mol. The molecule has 0 saturated carbocycles. The van der Waals surface area contributed by atoms with E-state index in [1.807, 2.05) is 7.05 Å². The van der Waals surface area contributed by atoms with Crippen molar-refractivity contribution in [2.75, 3.05) is 46.8 Å². The van der Waals surface area contributed by atoms with E-state index in [-0.39, 0.29) is 0 Å². The van der Waals surface area contributed by atoms with E-state index in [0.29, 0.717) is 11.6 Å². The molecule has 0 aromatic carbocycles. The van der Waals surface area contributed by atoms with Crippen LogP contribution >= 0.6 is 0 Å². The summed E-state index contributed by atoms with van der Waals surface area (Å²) in [6.07, 6.45) is 11.8. The van der Waals surface area contributed by atoms with E-state index >= 15 is 0 Å². The number of nitrogens with one attached hydrogen (secondary N) is 2. The molecule has 152 valence electrons. The Bertz CT molecular complexity index is 409. The van der Waals surface area contributed by atoms with Crippen molar-refractivity contribution in [1.29, 1.82) is 0 Å². The van der Waals surface area contributed by atoms with Crippen LogP contribution in [0.25, 0.3) is 0 Å². The van der Waals surface area contributed by atoms with E-state index in [1.54, 1.807) is 0 Å². The number of hydrogen-bond donors (Lipinski definition) is 2. The van der Waals surface area contributed by atoms with Gasteiger partial charge in [-0.2, -0.15) is 0 Å². The summed E-state index contributed by atoms with van der Waals surface area (Å²) in [7, 11) is 4.16. The van der Waals surface area contributed by atoms with Crippen molar-refractivity contribution in [2.45, 2.75) is 83.2 Å². The number of unbranched alkanes of at least 4 members (excludes halogenated alkanes) is 2. The van der Waals surface area contributed by atoms with Crippen LogP contribution in [-0.4, -0.2) is 74.2 Å². The second-order valence-corrected chi connectivity index (χ2v) is 8.54. The first-order valence-electron chi connectivity index (χ1n) is 11.0. The normalized spacial score (nSPS) is 23.6. The molecule has 2 aliphatic rings. The first-order valence-corrected chi connectivity index (χ1v) is 11.0. The maximum Gasteiger partial charge on any atom is 0.191 e. The lowest BCUT2D eigenvalue weighted by Crippen LogP contribution is -2.62. The Morgan fingerprint density at radius 1 is 1.08 bits per heavy atom. The Balaban J connectivity index is 1.90. The van der Waals surface area contributed by atoms with Crippen LogP contribution < -0.4 is 10.6 Å². The predicted octanol–water partition coefficient (Wildman–Crippen LogP) is 3.07. The molecule has 2 heterocycles. The molecule has 26 heavy (non-hydrogen) atoms. The van der Waals surface area contributed by atoms with Crippen molar-refractivity contribution in [1.82, 2.24) is 20.4 Å². The molecule has 0 amide bonds. The maximum absolute atomic E-state index is 4.50. The van der Waals surface area contributed by atoms with Gasteiger partial charge < -0.3 is 15.5 Å². The van der Waals surface area contributed by atoms with Crippen molar-refractivity contribution in [3.8, 4) is 0 Å². The fourth-order valence-electron chi connectivity index (χ4n) is 4.46. The van der Waals surface area contributed by atoms with Gasteiger partial charge in [0.05, 0.1) is 0 Å². The molecule has 2 N–H and O–H groups in total. The molecule has 0 bridgehead atoms. The van der Waals surface area contributed by atoms with Gasteiger partial charge in [0, 0.05) is 25.2 Å². The third-order valence-corrected chi connectivity index (χ3v) is 6.38. The van der Waals surface area contributed by atoms with Gasteiger partial charge in [-0.05, 0) is 72.3 Å². The number of nitrogens with zero attached hydrogens (tertiary/aromatic N) is 3. The molecule has 5 heteroatoms. The lowest BCUT2D eigenvalue weighted by molar-refractivity contribution is 0.0173. The van der Waals surface area contributed by atoms with Crippen LogP contribution in [0.4, 0.5) is 0 Å². The van der Waals surface area contributed by atoms with Crippen molar-refractivity contribution >= 4 is 5.96 Å². The van der Waals surface area contributed by atoms with Crippen LogP contribution in [0.2, 0.25) is 0 Å². The lowest BCUT2D eigenvalue weighted by atomic mass is 9.84. The van der Waals surface area contributed by atoms with Crippen LogP contribution in [-0.2, 0) is 0 Å². The summed E-state index contributed by atoms with van der Waals surface area (Å²) in [6.45, 7) is 10.5. The van der Waals surface area contributed by atoms with Crippen LogP contribution in [0, 0.1) is 0 Å². The number of aliphatic imine (C=N–C) groups is 1. The minimum absolute atomic E-state index is 0.302. The molecule has 0 aliphatic carbocycles. The van der Waals surface area contributed by atoms with Gasteiger partial charge in [-0.1, -0.05) is 32.6 Å². The molecule has 0 spiro atoms. The van der Waals surface area contributed by atoms with Gasteiger partial charge in [0.25, 0.3) is 0 Å². The topological polar surface area (TPSA) is 42.9 Å². The Morgan fingerprint density at radius 3 is 2.38 bits per heavy atom. The summed E-state index contributed by atoms with van der Waals surface area (Å²) in [5.74, 6) is 0.976. The summed E-state index contributed by atoms with van der Waals surface area (Å²) in [5.41, 5.74) is 0.302. The van der Waals surface area contributed by atoms with E-state index < -0.39 is 0 Å². The van der Waals surface area contributed by atoms with Crippen LogP contribution in [0.1, 0.15) is 71.6 Å². The number of rotatable bonds is 8. The molecule has 2 fully saturated rings. The second kappa shape index (κ2) is 11.1. The third kappa shape index (κ3) is 6.41. The zero-order chi connectivity index (χ0) is 18.8. The minimum atomic E-state index is 0.302. The average Bonchev–Trinajstić information content (AvgIpc) is 2.67. The molecule has 2 saturated heterocycles. The molecule has 5 nitrogen and oxygen atoms in total. The predicted molar refractivity (Wildman–Crippen MR) is 113 cm³/mol. The fourth-order valence-corrected chi connectivity index (χ4v) is 4.46. The van der Waals surface area contributed by atoms with Gasteiger partial charge in [-0.3, -0.25) is 9.89 Å². The third-order valence-electron chi connectivity index (χ3n) is 6.38. The zero-order valence-electron chi connectivity index (χ0n) is 17.8. The molecule has 1 atom stereocenters. The van der Waals surface area contributed by atoms with Crippen LogP contribution in [0.5, 0.6) is 0 Å². The summed E-state index contributed by atoms with van der Waals surface area (Å²) in [5, 5.41) is 7.30. The van der Waals surface area contributed by atoms with E-state index in [4.69, 9.17) is 0 Å². The first-order chi connectivity index (χ1) is 12.6. The number of piperidine rings is 2. The Hall–Kier alpha value is -0.810. The van der Waals surface area contributed by atoms with E-state index in [1.165, 1.54) is 84.0 Å². The SMILES string of the molecule is CCCCCC(C)NC(=NC)NCC1(N2CCCCC2)CCN(C)CC1. The van der Waals surface area contributed by atoms with Crippen molar-refractivity contribution in [3.05, 3.63) is 0 Å². The van der Waals surface area contributed by atoms with E-state index in [9.17, 15) is 0 Å². The monoisotopic (exact) mass is 365 g/mol. The highest BCUT2D eigenvalue weighted by Crippen LogP contribution is 2.30. The molecule has 0 radical (unpaired) electrons. The Labute approximate surface area is 162 Å². The highest BCUT2D eigenvalue weighted by atomic mass is 15.3. The lowest BCUT2D eigenvalue weighted by Gasteiger charge is -2.50. The highest BCUT2D eigenvalue weighted by molar-refractivity contribution is 5.80. The molecule has 0 aromatic heterocycles. The van der Waals surface area contributed by atoms with Gasteiger partial charge in [-0.25, -0.2) is 0 Å². The second-order valence-electron chi connectivity index (χ2n) is 8.54. The van der Waals surface area contributed by atoms with E-state index in [2.05, 4.69) is 46.3 Å². The Morgan fingerprint density at radius 2 is 1.77 bits per heavy atom. The molecular weight excluding hydrogens is 322 g/mol. The van der Waals surface area contributed by atoms with Gasteiger partial charge >= 0.3 is 0 Å². The largest absolute Gasteiger partial charge is 0.355 e. The summed E-state index contributed by atoms with van der Waals surface area (Å²) in [4.78, 5) is 9.76. The zero-order valence-corrected chi connectivity index (χ0v) is 17.8. The maximum atomic E-state index is 4.50. The summed E-state index contributed by atoms with van der Waals surface area (Å²) < 4.78 is 0. The van der Waals surface area contributed by atoms with Crippen LogP contribution in [0.3, 0.4) is 0 Å². The fraction of sp³-hybridized carbons (Fsp3) is 0.952. The van der Waals surface area contributed by atoms with Gasteiger partial charge in [0.1, 0.15) is 0 Å². The first kappa shape index (κ1) is 21.5. The minimum Gasteiger partial charge on any atom is -0.355 e. The smallest absolute Gasteiger partial charge is 0.191 e. The van der Waals surface area contributed by atoms with Gasteiger partial charge in [0.15, 0.2) is 5.96 Å². The van der Waals surface area contributed by atoms with Crippen molar-refractivity contribution in [2.24, 2.45) is 4.99 Å². The van der Waals surface area contributed by atoms with Gasteiger partial charge in [-0.15, -0.1) is 0 Å².